The van der Waals surface area contributed by atoms with E-state index in [1.165, 1.54) is 6.07 Å². The lowest BCUT2D eigenvalue weighted by atomic mass is 10.2. The molecule has 5 nitrogen and oxygen atoms in total. The van der Waals surface area contributed by atoms with E-state index in [2.05, 4.69) is 5.32 Å². The fourth-order valence-corrected chi connectivity index (χ4v) is 1.99. The quantitative estimate of drug-likeness (QED) is 0.660. The Labute approximate surface area is 135 Å². The first-order valence-electron chi connectivity index (χ1n) is 7.60. The third kappa shape index (κ3) is 6.40. The number of para-hydroxylation sites is 1. The molecule has 0 radical (unpaired) electrons. The molecule has 0 aliphatic carbocycles. The van der Waals surface area contributed by atoms with Gasteiger partial charge in [-0.25, -0.2) is 4.79 Å². The van der Waals surface area contributed by atoms with Crippen LogP contribution in [0.15, 0.2) is 54.6 Å². The van der Waals surface area contributed by atoms with Crippen LogP contribution in [0, 0.1) is 0 Å². The van der Waals surface area contributed by atoms with Gasteiger partial charge in [-0.1, -0.05) is 24.3 Å². The van der Waals surface area contributed by atoms with Crippen LogP contribution >= 0.6 is 0 Å². The molecule has 0 heterocycles. The predicted molar refractivity (Wildman–Crippen MR) is 88.3 cm³/mol. The summed E-state index contributed by atoms with van der Waals surface area (Å²) in [5, 5.41) is 12.2. The number of hydrogen-bond donors (Lipinski definition) is 2. The van der Waals surface area contributed by atoms with Gasteiger partial charge in [0.25, 0.3) is 0 Å². The van der Waals surface area contributed by atoms with Gasteiger partial charge in [0.1, 0.15) is 18.1 Å². The Balaban J connectivity index is 1.52. The molecule has 0 unspecified atom stereocenters. The number of benzene rings is 2. The van der Waals surface area contributed by atoms with E-state index in [4.69, 9.17) is 14.6 Å². The summed E-state index contributed by atoms with van der Waals surface area (Å²) in [5.41, 5.74) is 0.230. The summed E-state index contributed by atoms with van der Waals surface area (Å²) in [7, 11) is 0. The van der Waals surface area contributed by atoms with Crippen LogP contribution in [0.3, 0.4) is 0 Å². The van der Waals surface area contributed by atoms with E-state index in [0.29, 0.717) is 25.5 Å². The molecule has 0 saturated carbocycles. The number of aromatic carboxylic acids is 1. The number of carbonyl (C=O) groups is 1. The first kappa shape index (κ1) is 16.8. The molecule has 2 rings (SSSR count). The molecule has 0 saturated heterocycles. The lowest BCUT2D eigenvalue weighted by molar-refractivity contribution is 0.0696. The van der Waals surface area contributed by atoms with E-state index in [1.54, 1.807) is 18.2 Å². The second-order valence-electron chi connectivity index (χ2n) is 4.95. The summed E-state index contributed by atoms with van der Waals surface area (Å²) in [4.78, 5) is 10.9. The fraction of sp³-hybridized carbons (Fsp3) is 0.278. The van der Waals surface area contributed by atoms with Gasteiger partial charge in [0.05, 0.1) is 12.2 Å². The Bertz CT molecular complexity index is 601. The van der Waals surface area contributed by atoms with Crippen molar-refractivity contribution >= 4 is 5.97 Å². The van der Waals surface area contributed by atoms with E-state index in [9.17, 15) is 4.79 Å². The molecular formula is C18H21NO4. The summed E-state index contributed by atoms with van der Waals surface area (Å²) >= 11 is 0. The van der Waals surface area contributed by atoms with E-state index in [-0.39, 0.29) is 5.56 Å². The van der Waals surface area contributed by atoms with Crippen molar-refractivity contribution in [3.63, 3.8) is 0 Å². The Hall–Kier alpha value is -2.53. The van der Waals surface area contributed by atoms with Crippen LogP contribution < -0.4 is 14.8 Å². The number of ether oxygens (including phenoxy) is 2. The Morgan fingerprint density at radius 3 is 2.43 bits per heavy atom. The molecule has 0 amide bonds. The Morgan fingerprint density at radius 2 is 1.65 bits per heavy atom. The van der Waals surface area contributed by atoms with Crippen LogP contribution in [-0.2, 0) is 0 Å². The van der Waals surface area contributed by atoms with Crippen molar-refractivity contribution in [1.82, 2.24) is 5.32 Å². The van der Waals surface area contributed by atoms with Gasteiger partial charge in [0, 0.05) is 6.54 Å². The van der Waals surface area contributed by atoms with Crippen LogP contribution in [0.4, 0.5) is 0 Å². The smallest absolute Gasteiger partial charge is 0.335 e. The SMILES string of the molecule is O=C(O)c1cccc(OCCNCCCOc2ccccc2)c1. The number of hydrogen-bond acceptors (Lipinski definition) is 4. The number of carboxylic acid groups (broad SMARTS) is 1. The first-order chi connectivity index (χ1) is 11.3. The summed E-state index contributed by atoms with van der Waals surface area (Å²) in [6.07, 6.45) is 0.906. The minimum atomic E-state index is -0.952. The van der Waals surface area contributed by atoms with Gasteiger partial charge in [0.15, 0.2) is 0 Å². The number of carboxylic acids is 1. The van der Waals surface area contributed by atoms with Crippen LogP contribution in [0.5, 0.6) is 11.5 Å². The van der Waals surface area contributed by atoms with Crippen molar-refractivity contribution in [2.45, 2.75) is 6.42 Å². The molecule has 122 valence electrons. The second-order valence-corrected chi connectivity index (χ2v) is 4.95. The third-order valence-electron chi connectivity index (χ3n) is 3.14. The lowest BCUT2D eigenvalue weighted by Gasteiger charge is -2.09. The molecule has 0 aliphatic heterocycles. The zero-order valence-electron chi connectivity index (χ0n) is 12.9. The van der Waals surface area contributed by atoms with Crippen LogP contribution in [-0.4, -0.2) is 37.4 Å². The second kappa shape index (κ2) is 9.48. The van der Waals surface area contributed by atoms with E-state index < -0.39 is 5.97 Å². The molecule has 2 aromatic rings. The molecule has 0 spiro atoms. The minimum absolute atomic E-state index is 0.230. The lowest BCUT2D eigenvalue weighted by Crippen LogP contribution is -2.23. The molecule has 2 aromatic carbocycles. The topological polar surface area (TPSA) is 67.8 Å². The molecule has 0 atom stereocenters. The summed E-state index contributed by atoms with van der Waals surface area (Å²) in [5.74, 6) is 0.500. The van der Waals surface area contributed by atoms with Gasteiger partial charge >= 0.3 is 5.97 Å². The first-order valence-corrected chi connectivity index (χ1v) is 7.60. The highest BCUT2D eigenvalue weighted by Gasteiger charge is 2.03. The summed E-state index contributed by atoms with van der Waals surface area (Å²) in [6.45, 7) is 2.69. The molecule has 2 N–H and O–H groups in total. The third-order valence-corrected chi connectivity index (χ3v) is 3.14. The van der Waals surface area contributed by atoms with Crippen LogP contribution in [0.1, 0.15) is 16.8 Å². The zero-order valence-corrected chi connectivity index (χ0v) is 12.9. The number of nitrogens with one attached hydrogen (secondary N) is 1. The molecule has 0 fully saturated rings. The van der Waals surface area contributed by atoms with Crippen LogP contribution in [0.2, 0.25) is 0 Å². The minimum Gasteiger partial charge on any atom is -0.494 e. The fourth-order valence-electron chi connectivity index (χ4n) is 1.99. The molecule has 5 heteroatoms. The summed E-state index contributed by atoms with van der Waals surface area (Å²) in [6, 6.07) is 16.2. The summed E-state index contributed by atoms with van der Waals surface area (Å²) < 4.78 is 11.1. The molecule has 0 aromatic heterocycles. The standard InChI is InChI=1S/C18H21NO4/c20-18(21)15-6-4-9-17(14-15)23-13-11-19-10-5-12-22-16-7-2-1-3-8-16/h1-4,6-9,14,19H,5,10-13H2,(H,20,21). The van der Waals surface area contributed by atoms with E-state index >= 15 is 0 Å². The maximum Gasteiger partial charge on any atom is 0.335 e. The Kier molecular flexibility index (Phi) is 6.94. The molecule has 23 heavy (non-hydrogen) atoms. The van der Waals surface area contributed by atoms with Crippen molar-refractivity contribution in [1.29, 1.82) is 0 Å². The average Bonchev–Trinajstić information content (AvgIpc) is 2.58. The maximum absolute atomic E-state index is 10.9. The molecular weight excluding hydrogens is 294 g/mol. The zero-order chi connectivity index (χ0) is 16.3. The molecule has 0 aliphatic rings. The van der Waals surface area contributed by atoms with Crippen molar-refractivity contribution < 1.29 is 19.4 Å². The van der Waals surface area contributed by atoms with Crippen molar-refractivity contribution in [3.8, 4) is 11.5 Å². The van der Waals surface area contributed by atoms with Gasteiger partial charge < -0.3 is 19.9 Å². The van der Waals surface area contributed by atoms with E-state index in [0.717, 1.165) is 18.7 Å². The van der Waals surface area contributed by atoms with Gasteiger partial charge in [-0.3, -0.25) is 0 Å². The van der Waals surface area contributed by atoms with Crippen molar-refractivity contribution in [3.05, 3.63) is 60.2 Å². The highest BCUT2D eigenvalue weighted by atomic mass is 16.5. The van der Waals surface area contributed by atoms with Crippen molar-refractivity contribution in [2.75, 3.05) is 26.3 Å². The van der Waals surface area contributed by atoms with Gasteiger partial charge in [-0.2, -0.15) is 0 Å². The highest BCUT2D eigenvalue weighted by Crippen LogP contribution is 2.13. The van der Waals surface area contributed by atoms with Crippen molar-refractivity contribution in [2.24, 2.45) is 0 Å². The number of rotatable bonds is 10. The Morgan fingerprint density at radius 1 is 0.913 bits per heavy atom. The van der Waals surface area contributed by atoms with Crippen LogP contribution in [0.25, 0.3) is 0 Å². The van der Waals surface area contributed by atoms with Gasteiger partial charge in [-0.15, -0.1) is 0 Å². The molecule has 0 bridgehead atoms. The average molecular weight is 315 g/mol. The normalized spacial score (nSPS) is 10.3. The van der Waals surface area contributed by atoms with Gasteiger partial charge in [0.2, 0.25) is 0 Å². The van der Waals surface area contributed by atoms with Gasteiger partial charge in [-0.05, 0) is 43.3 Å². The van der Waals surface area contributed by atoms with E-state index in [1.807, 2.05) is 30.3 Å². The predicted octanol–water partition coefficient (Wildman–Crippen LogP) is 2.82. The largest absolute Gasteiger partial charge is 0.494 e. The monoisotopic (exact) mass is 315 g/mol. The highest BCUT2D eigenvalue weighted by molar-refractivity contribution is 5.87. The maximum atomic E-state index is 10.9.